The third kappa shape index (κ3) is 4.06. The van der Waals surface area contributed by atoms with Crippen molar-refractivity contribution < 1.29 is 5.11 Å². The van der Waals surface area contributed by atoms with E-state index >= 15 is 0 Å². The highest BCUT2D eigenvalue weighted by molar-refractivity contribution is 4.87. The van der Waals surface area contributed by atoms with Crippen molar-refractivity contribution in [2.45, 2.75) is 64.9 Å². The Morgan fingerprint density at radius 2 is 1.81 bits per heavy atom. The zero-order chi connectivity index (χ0) is 12.0. The summed E-state index contributed by atoms with van der Waals surface area (Å²) in [6, 6.07) is 0. The summed E-state index contributed by atoms with van der Waals surface area (Å²) in [6.45, 7) is 8.29. The van der Waals surface area contributed by atoms with Crippen LogP contribution in [0, 0.1) is 11.8 Å². The molecule has 0 bridgehead atoms. The van der Waals surface area contributed by atoms with Gasteiger partial charge in [0.1, 0.15) is 0 Å². The monoisotopic (exact) mass is 227 g/mol. The topological polar surface area (TPSA) is 32.3 Å². The lowest BCUT2D eigenvalue weighted by molar-refractivity contribution is 0.00177. The first-order valence-corrected chi connectivity index (χ1v) is 7.03. The van der Waals surface area contributed by atoms with Gasteiger partial charge in [0.15, 0.2) is 0 Å². The molecule has 0 aliphatic heterocycles. The van der Waals surface area contributed by atoms with E-state index in [0.29, 0.717) is 5.92 Å². The van der Waals surface area contributed by atoms with Crippen LogP contribution in [0.3, 0.4) is 0 Å². The van der Waals surface area contributed by atoms with Crippen molar-refractivity contribution in [1.82, 2.24) is 5.32 Å². The summed E-state index contributed by atoms with van der Waals surface area (Å²) in [5, 5.41) is 13.9. The highest BCUT2D eigenvalue weighted by atomic mass is 16.3. The van der Waals surface area contributed by atoms with E-state index in [1.807, 2.05) is 6.92 Å². The molecule has 1 atom stereocenters. The van der Waals surface area contributed by atoms with Gasteiger partial charge in [-0.1, -0.05) is 39.5 Å². The molecule has 0 aromatic heterocycles. The molecule has 2 heteroatoms. The Hall–Kier alpha value is -0.0800. The van der Waals surface area contributed by atoms with Crippen molar-refractivity contribution in [2.24, 2.45) is 11.8 Å². The molecule has 0 spiro atoms. The van der Waals surface area contributed by atoms with E-state index in [0.717, 1.165) is 19.0 Å². The molecular weight excluding hydrogens is 198 g/mol. The lowest BCUT2D eigenvalue weighted by Crippen LogP contribution is -2.44. The summed E-state index contributed by atoms with van der Waals surface area (Å²) in [5.41, 5.74) is -0.497. The van der Waals surface area contributed by atoms with Gasteiger partial charge in [0.25, 0.3) is 0 Å². The number of hydrogen-bond acceptors (Lipinski definition) is 2. The summed E-state index contributed by atoms with van der Waals surface area (Å²) in [7, 11) is 0. The van der Waals surface area contributed by atoms with Crippen LogP contribution in [0.2, 0.25) is 0 Å². The highest BCUT2D eigenvalue weighted by Gasteiger charge is 2.33. The van der Waals surface area contributed by atoms with E-state index in [2.05, 4.69) is 19.2 Å². The maximum absolute atomic E-state index is 10.4. The smallest absolute Gasteiger partial charge is 0.0771 e. The van der Waals surface area contributed by atoms with Crippen molar-refractivity contribution in [3.05, 3.63) is 0 Å². The average molecular weight is 227 g/mol. The fraction of sp³-hybridized carbons (Fsp3) is 1.00. The second kappa shape index (κ2) is 6.61. The lowest BCUT2D eigenvalue weighted by atomic mass is 9.87. The Bertz CT molecular complexity index is 181. The minimum absolute atomic E-state index is 0.497. The lowest BCUT2D eigenvalue weighted by Gasteiger charge is -2.31. The fourth-order valence-electron chi connectivity index (χ4n) is 2.80. The molecule has 2 N–H and O–H groups in total. The number of nitrogens with one attached hydrogen (secondary N) is 1. The SMILES string of the molecule is CCC(CC)CNCC(C)(O)C1CCCC1. The van der Waals surface area contributed by atoms with Gasteiger partial charge in [-0.05, 0) is 38.1 Å². The Balaban J connectivity index is 2.24. The molecule has 0 radical (unpaired) electrons. The van der Waals surface area contributed by atoms with E-state index in [4.69, 9.17) is 0 Å². The number of aliphatic hydroxyl groups is 1. The molecule has 1 aliphatic rings. The van der Waals surface area contributed by atoms with Crippen LogP contribution in [0.4, 0.5) is 0 Å². The molecule has 2 nitrogen and oxygen atoms in total. The third-order valence-corrected chi connectivity index (χ3v) is 4.31. The second-order valence-corrected chi connectivity index (χ2v) is 5.65. The van der Waals surface area contributed by atoms with Gasteiger partial charge < -0.3 is 10.4 Å². The molecule has 1 saturated carbocycles. The van der Waals surface area contributed by atoms with Crippen LogP contribution in [0.15, 0.2) is 0 Å². The maximum Gasteiger partial charge on any atom is 0.0771 e. The Morgan fingerprint density at radius 3 is 2.31 bits per heavy atom. The normalized spacial score (nSPS) is 21.6. The van der Waals surface area contributed by atoms with Gasteiger partial charge in [0, 0.05) is 6.54 Å². The standard InChI is InChI=1S/C14H29NO/c1-4-12(5-2)10-15-11-14(3,16)13-8-6-7-9-13/h12-13,15-16H,4-11H2,1-3H3. The van der Waals surface area contributed by atoms with E-state index in [1.165, 1.54) is 38.5 Å². The van der Waals surface area contributed by atoms with Crippen molar-refractivity contribution in [3.63, 3.8) is 0 Å². The molecule has 1 unspecified atom stereocenters. The van der Waals surface area contributed by atoms with Crippen LogP contribution >= 0.6 is 0 Å². The Kier molecular flexibility index (Phi) is 5.77. The summed E-state index contributed by atoms with van der Waals surface area (Å²) < 4.78 is 0. The van der Waals surface area contributed by atoms with Gasteiger partial charge >= 0.3 is 0 Å². The summed E-state index contributed by atoms with van der Waals surface area (Å²) in [4.78, 5) is 0. The molecule has 1 aliphatic carbocycles. The van der Waals surface area contributed by atoms with Crippen molar-refractivity contribution in [1.29, 1.82) is 0 Å². The Labute approximate surface area is 101 Å². The molecule has 1 rings (SSSR count). The minimum Gasteiger partial charge on any atom is -0.389 e. The van der Waals surface area contributed by atoms with Crippen LogP contribution < -0.4 is 5.32 Å². The summed E-state index contributed by atoms with van der Waals surface area (Å²) in [5.74, 6) is 1.28. The van der Waals surface area contributed by atoms with Gasteiger partial charge in [-0.2, -0.15) is 0 Å². The molecule has 0 amide bonds. The molecule has 96 valence electrons. The molecule has 1 fully saturated rings. The minimum atomic E-state index is -0.497. The van der Waals surface area contributed by atoms with Gasteiger partial charge in [-0.25, -0.2) is 0 Å². The predicted octanol–water partition coefficient (Wildman–Crippen LogP) is 2.95. The molecule has 0 aromatic carbocycles. The van der Waals surface area contributed by atoms with Gasteiger partial charge in [-0.15, -0.1) is 0 Å². The molecular formula is C14H29NO. The molecule has 0 heterocycles. The Morgan fingerprint density at radius 1 is 1.25 bits per heavy atom. The number of rotatable bonds is 7. The zero-order valence-electron chi connectivity index (χ0n) is 11.3. The van der Waals surface area contributed by atoms with Crippen LogP contribution in [0.25, 0.3) is 0 Å². The van der Waals surface area contributed by atoms with Crippen LogP contribution in [-0.2, 0) is 0 Å². The fourth-order valence-corrected chi connectivity index (χ4v) is 2.80. The molecule has 0 aromatic rings. The number of hydrogen-bond donors (Lipinski definition) is 2. The van der Waals surface area contributed by atoms with Crippen molar-refractivity contribution >= 4 is 0 Å². The highest BCUT2D eigenvalue weighted by Crippen LogP contribution is 2.33. The zero-order valence-corrected chi connectivity index (χ0v) is 11.3. The second-order valence-electron chi connectivity index (χ2n) is 5.65. The van der Waals surface area contributed by atoms with Crippen LogP contribution in [0.5, 0.6) is 0 Å². The van der Waals surface area contributed by atoms with Crippen molar-refractivity contribution in [3.8, 4) is 0 Å². The third-order valence-electron chi connectivity index (χ3n) is 4.31. The van der Waals surface area contributed by atoms with Gasteiger partial charge in [-0.3, -0.25) is 0 Å². The summed E-state index contributed by atoms with van der Waals surface area (Å²) >= 11 is 0. The first-order chi connectivity index (χ1) is 7.60. The molecule has 16 heavy (non-hydrogen) atoms. The average Bonchev–Trinajstić information content (AvgIpc) is 2.78. The van der Waals surface area contributed by atoms with Crippen LogP contribution in [-0.4, -0.2) is 23.8 Å². The predicted molar refractivity (Wildman–Crippen MR) is 69.5 cm³/mol. The van der Waals surface area contributed by atoms with E-state index < -0.39 is 5.60 Å². The van der Waals surface area contributed by atoms with E-state index in [1.54, 1.807) is 0 Å². The van der Waals surface area contributed by atoms with Gasteiger partial charge in [0.05, 0.1) is 5.60 Å². The quantitative estimate of drug-likeness (QED) is 0.701. The van der Waals surface area contributed by atoms with E-state index in [-0.39, 0.29) is 0 Å². The summed E-state index contributed by atoms with van der Waals surface area (Å²) in [6.07, 6.45) is 7.48. The maximum atomic E-state index is 10.4. The van der Waals surface area contributed by atoms with Crippen LogP contribution in [0.1, 0.15) is 59.3 Å². The van der Waals surface area contributed by atoms with E-state index in [9.17, 15) is 5.11 Å². The van der Waals surface area contributed by atoms with Gasteiger partial charge in [0.2, 0.25) is 0 Å². The first-order valence-electron chi connectivity index (χ1n) is 7.03. The first kappa shape index (κ1) is 14.0. The van der Waals surface area contributed by atoms with Crippen molar-refractivity contribution in [2.75, 3.05) is 13.1 Å². The molecule has 0 saturated heterocycles. The largest absolute Gasteiger partial charge is 0.389 e.